The summed E-state index contributed by atoms with van der Waals surface area (Å²) in [6.07, 6.45) is 1.69. The van der Waals surface area contributed by atoms with E-state index in [0.717, 1.165) is 20.0 Å². The third kappa shape index (κ3) is 3.85. The monoisotopic (exact) mass is 232 g/mol. The molecule has 0 amide bonds. The number of nitrogens with zero attached hydrogens (tertiary/aromatic N) is 1. The summed E-state index contributed by atoms with van der Waals surface area (Å²) >= 11 is 0. The summed E-state index contributed by atoms with van der Waals surface area (Å²) in [4.78, 5) is 10.8. The Balaban J connectivity index is 2.55. The smallest absolute Gasteiger partial charge is 0.322 e. The van der Waals surface area contributed by atoms with Crippen LogP contribution in [0.15, 0.2) is 0 Å². The normalized spacial score (nSPS) is 17.9. The zero-order valence-electron chi connectivity index (χ0n) is 8.26. The second-order valence-corrected chi connectivity index (χ2v) is 5.15. The molecule has 0 aromatic heterocycles. The molecule has 84 valence electrons. The zero-order valence-corrected chi connectivity index (χ0v) is 9.08. The third-order valence-electron chi connectivity index (χ3n) is 2.07. The second-order valence-electron chi connectivity index (χ2n) is 3.40. The van der Waals surface area contributed by atoms with Crippen molar-refractivity contribution in [1.29, 1.82) is 5.26 Å². The first-order valence-electron chi connectivity index (χ1n) is 4.45. The van der Waals surface area contributed by atoms with Gasteiger partial charge in [0.25, 0.3) is 0 Å². The van der Waals surface area contributed by atoms with Gasteiger partial charge in [-0.1, -0.05) is 0 Å². The number of hydrogen-bond donors (Lipinski definition) is 1. The number of ether oxygens (including phenoxy) is 1. The van der Waals surface area contributed by atoms with Gasteiger partial charge < -0.3 is 4.74 Å². The van der Waals surface area contributed by atoms with E-state index in [4.69, 9.17) is 5.26 Å². The minimum Gasteiger partial charge on any atom is -0.468 e. The van der Waals surface area contributed by atoms with Crippen molar-refractivity contribution in [3.63, 3.8) is 0 Å². The molecular formula is C8H12N2O4S. The van der Waals surface area contributed by atoms with E-state index in [1.165, 1.54) is 0 Å². The molecule has 0 heterocycles. The van der Waals surface area contributed by atoms with E-state index in [9.17, 15) is 13.2 Å². The van der Waals surface area contributed by atoms with Crippen LogP contribution in [-0.4, -0.2) is 33.3 Å². The van der Waals surface area contributed by atoms with Crippen LogP contribution in [0.25, 0.3) is 0 Å². The first kappa shape index (κ1) is 11.9. The Kier molecular flexibility index (Phi) is 3.66. The summed E-state index contributed by atoms with van der Waals surface area (Å²) in [6.45, 7) is 0. The van der Waals surface area contributed by atoms with Crippen LogP contribution in [0.1, 0.15) is 12.8 Å². The predicted octanol–water partition coefficient (Wildman–Crippen LogP) is -0.619. The lowest BCUT2D eigenvalue weighted by Crippen LogP contribution is -2.38. The molecule has 0 aliphatic heterocycles. The molecule has 0 aromatic carbocycles. The van der Waals surface area contributed by atoms with Gasteiger partial charge in [0, 0.05) is 0 Å². The highest BCUT2D eigenvalue weighted by atomic mass is 32.2. The van der Waals surface area contributed by atoms with Crippen LogP contribution in [0.5, 0.6) is 0 Å². The molecule has 0 spiro atoms. The molecule has 1 saturated carbocycles. The molecule has 1 aliphatic carbocycles. The van der Waals surface area contributed by atoms with Crippen molar-refractivity contribution < 1.29 is 17.9 Å². The number of rotatable bonds is 5. The fourth-order valence-corrected chi connectivity index (χ4v) is 2.25. The summed E-state index contributed by atoms with van der Waals surface area (Å²) in [7, 11) is -2.64. The first-order chi connectivity index (χ1) is 6.98. The number of nitriles is 1. The van der Waals surface area contributed by atoms with Gasteiger partial charge in [0.05, 0.1) is 13.2 Å². The second kappa shape index (κ2) is 4.59. The average Bonchev–Trinajstić information content (AvgIpc) is 2.96. The van der Waals surface area contributed by atoms with E-state index in [1.54, 1.807) is 0 Å². The third-order valence-corrected chi connectivity index (χ3v) is 3.30. The van der Waals surface area contributed by atoms with Gasteiger partial charge in [-0.25, -0.2) is 8.42 Å². The SMILES string of the molecule is COC(=O)CS(=O)(=O)NC(C#N)C1CC1. The van der Waals surface area contributed by atoms with Crippen LogP contribution in [0, 0.1) is 17.2 Å². The maximum Gasteiger partial charge on any atom is 0.322 e. The lowest BCUT2D eigenvalue weighted by atomic mass is 10.2. The van der Waals surface area contributed by atoms with Crippen molar-refractivity contribution in [1.82, 2.24) is 4.72 Å². The Hall–Kier alpha value is -1.13. The molecule has 0 aromatic rings. The van der Waals surface area contributed by atoms with Crippen molar-refractivity contribution in [3.05, 3.63) is 0 Å². The predicted molar refractivity (Wildman–Crippen MR) is 51.1 cm³/mol. The molecule has 1 rings (SSSR count). The maximum atomic E-state index is 11.3. The van der Waals surface area contributed by atoms with Gasteiger partial charge in [-0.2, -0.15) is 9.98 Å². The van der Waals surface area contributed by atoms with Crippen molar-refractivity contribution in [3.8, 4) is 6.07 Å². The van der Waals surface area contributed by atoms with E-state index >= 15 is 0 Å². The van der Waals surface area contributed by atoms with Crippen LogP contribution in [-0.2, 0) is 19.6 Å². The van der Waals surface area contributed by atoms with Crippen molar-refractivity contribution in [2.45, 2.75) is 18.9 Å². The standard InChI is InChI=1S/C8H12N2O4S/c1-14-8(11)5-15(12,13)10-7(4-9)6-2-3-6/h6-7,10H,2-3,5H2,1H3. The molecule has 1 N–H and O–H groups in total. The topological polar surface area (TPSA) is 96.3 Å². The molecule has 1 atom stereocenters. The van der Waals surface area contributed by atoms with Gasteiger partial charge in [-0.15, -0.1) is 0 Å². The van der Waals surface area contributed by atoms with Crippen LogP contribution < -0.4 is 4.72 Å². The summed E-state index contributed by atoms with van der Waals surface area (Å²) in [5.41, 5.74) is 0. The van der Waals surface area contributed by atoms with Gasteiger partial charge in [0.1, 0.15) is 6.04 Å². The van der Waals surface area contributed by atoms with Crippen LogP contribution in [0.4, 0.5) is 0 Å². The van der Waals surface area contributed by atoms with Crippen molar-refractivity contribution in [2.75, 3.05) is 12.9 Å². The molecule has 1 aliphatic rings. The van der Waals surface area contributed by atoms with Crippen molar-refractivity contribution >= 4 is 16.0 Å². The highest BCUT2D eigenvalue weighted by Crippen LogP contribution is 2.32. The molecule has 1 fully saturated rings. The maximum absolute atomic E-state index is 11.3. The molecule has 6 nitrogen and oxygen atoms in total. The number of carbonyl (C=O) groups excluding carboxylic acids is 1. The highest BCUT2D eigenvalue weighted by Gasteiger charge is 2.34. The molecule has 0 radical (unpaired) electrons. The number of methoxy groups -OCH3 is 1. The Morgan fingerprint density at radius 2 is 2.27 bits per heavy atom. The number of nitrogens with one attached hydrogen (secondary N) is 1. The van der Waals surface area contributed by atoms with Crippen LogP contribution >= 0.6 is 0 Å². The Morgan fingerprint density at radius 3 is 2.67 bits per heavy atom. The van der Waals surface area contributed by atoms with E-state index in [0.29, 0.717) is 0 Å². The van der Waals surface area contributed by atoms with Gasteiger partial charge >= 0.3 is 5.97 Å². The number of sulfonamides is 1. The quantitative estimate of drug-likeness (QED) is 0.637. The van der Waals surface area contributed by atoms with E-state index in [2.05, 4.69) is 9.46 Å². The fraction of sp³-hybridized carbons (Fsp3) is 0.750. The fourth-order valence-electron chi connectivity index (χ4n) is 1.11. The minimum absolute atomic E-state index is 0.0856. The van der Waals surface area contributed by atoms with Gasteiger partial charge in [0.15, 0.2) is 5.75 Å². The summed E-state index contributed by atoms with van der Waals surface area (Å²) < 4.78 is 29.1. The van der Waals surface area contributed by atoms with Crippen LogP contribution in [0.3, 0.4) is 0 Å². The molecule has 0 bridgehead atoms. The minimum atomic E-state index is -3.76. The number of carbonyl (C=O) groups is 1. The summed E-state index contributed by atoms with van der Waals surface area (Å²) in [6, 6.07) is 1.15. The lowest BCUT2D eigenvalue weighted by Gasteiger charge is -2.09. The van der Waals surface area contributed by atoms with Crippen LogP contribution in [0.2, 0.25) is 0 Å². The Labute approximate surface area is 88.3 Å². The van der Waals surface area contributed by atoms with E-state index in [-0.39, 0.29) is 5.92 Å². The van der Waals surface area contributed by atoms with Gasteiger partial charge in [-0.3, -0.25) is 4.79 Å². The Bertz CT molecular complexity index is 380. The van der Waals surface area contributed by atoms with Crippen molar-refractivity contribution in [2.24, 2.45) is 5.92 Å². The number of hydrogen-bond acceptors (Lipinski definition) is 5. The average molecular weight is 232 g/mol. The molecule has 1 unspecified atom stereocenters. The summed E-state index contributed by atoms with van der Waals surface area (Å²) in [5.74, 6) is -1.49. The molecular weight excluding hydrogens is 220 g/mol. The summed E-state index contributed by atoms with van der Waals surface area (Å²) in [5, 5.41) is 8.70. The van der Waals surface area contributed by atoms with E-state index in [1.807, 2.05) is 6.07 Å². The molecule has 0 saturated heterocycles. The highest BCUT2D eigenvalue weighted by molar-refractivity contribution is 7.90. The molecule has 15 heavy (non-hydrogen) atoms. The Morgan fingerprint density at radius 1 is 1.67 bits per heavy atom. The number of esters is 1. The first-order valence-corrected chi connectivity index (χ1v) is 6.10. The lowest BCUT2D eigenvalue weighted by molar-refractivity contribution is -0.137. The van der Waals surface area contributed by atoms with E-state index < -0.39 is 27.8 Å². The van der Waals surface area contributed by atoms with Gasteiger partial charge in [0.2, 0.25) is 10.0 Å². The molecule has 7 heteroatoms. The van der Waals surface area contributed by atoms with Gasteiger partial charge in [-0.05, 0) is 18.8 Å². The zero-order chi connectivity index (χ0) is 11.5. The largest absolute Gasteiger partial charge is 0.468 e.